The molecule has 4 heteroatoms. The van der Waals surface area contributed by atoms with Gasteiger partial charge in [0.05, 0.1) is 0 Å². The zero-order valence-electron chi connectivity index (χ0n) is 12.8. The molecule has 2 bridgehead atoms. The van der Waals surface area contributed by atoms with Crippen molar-refractivity contribution in [3.63, 3.8) is 0 Å². The third-order valence-electron chi connectivity index (χ3n) is 5.50. The first-order valence-corrected chi connectivity index (χ1v) is 8.41. The Balaban J connectivity index is 1.59. The molecule has 0 radical (unpaired) electrons. The van der Waals surface area contributed by atoms with Gasteiger partial charge in [-0.05, 0) is 57.7 Å². The average molecular weight is 279 g/mol. The molecule has 4 nitrogen and oxygen atoms in total. The van der Waals surface area contributed by atoms with Crippen LogP contribution in [0, 0.1) is 11.8 Å². The topological polar surface area (TPSA) is 35.6 Å². The Kier molecular flexibility index (Phi) is 4.61. The fourth-order valence-electron chi connectivity index (χ4n) is 4.20. The summed E-state index contributed by atoms with van der Waals surface area (Å²) in [6.45, 7) is 5.33. The van der Waals surface area contributed by atoms with Gasteiger partial charge in [-0.15, -0.1) is 0 Å². The van der Waals surface area contributed by atoms with Gasteiger partial charge < -0.3 is 15.1 Å². The maximum absolute atomic E-state index is 12.6. The van der Waals surface area contributed by atoms with Crippen molar-refractivity contribution in [3.8, 4) is 0 Å². The number of carbonyl (C=O) groups excluding carboxylic acids is 1. The highest BCUT2D eigenvalue weighted by Crippen LogP contribution is 2.27. The van der Waals surface area contributed by atoms with Crippen LogP contribution in [0.25, 0.3) is 0 Å². The molecule has 114 valence electrons. The first-order valence-electron chi connectivity index (χ1n) is 8.41. The highest BCUT2D eigenvalue weighted by Gasteiger charge is 2.33. The van der Waals surface area contributed by atoms with Crippen molar-refractivity contribution in [2.24, 2.45) is 11.8 Å². The molecular formula is C16H29N3O. The highest BCUT2D eigenvalue weighted by molar-refractivity contribution is 5.76. The molecule has 0 saturated carbocycles. The molecule has 3 aliphatic rings. The Morgan fingerprint density at radius 3 is 2.70 bits per heavy atom. The number of fused-ring (bicyclic) bond motifs is 3. The summed E-state index contributed by atoms with van der Waals surface area (Å²) >= 11 is 0. The van der Waals surface area contributed by atoms with Gasteiger partial charge in [0.25, 0.3) is 0 Å². The number of piperidine rings is 1. The maximum atomic E-state index is 12.6. The van der Waals surface area contributed by atoms with Crippen LogP contribution in [0.4, 0.5) is 0 Å². The SMILES string of the molecule is CN1C[C@@H]2CCC[C@H]1CN(C(=O)CC1CCNCC1)C2. The molecule has 2 atom stereocenters. The van der Waals surface area contributed by atoms with Gasteiger partial charge in [0, 0.05) is 32.1 Å². The standard InChI is InChI=1S/C16H29N3O/c1-18-10-14-3-2-4-15(18)12-19(11-14)16(20)9-13-5-7-17-8-6-13/h13-15,17H,2-12H2,1H3/t14-,15-/m0/s1. The van der Waals surface area contributed by atoms with Crippen LogP contribution in [0.3, 0.4) is 0 Å². The third kappa shape index (κ3) is 3.34. The van der Waals surface area contributed by atoms with Crippen LogP contribution >= 0.6 is 0 Å². The van der Waals surface area contributed by atoms with E-state index in [2.05, 4.69) is 22.2 Å². The second-order valence-corrected chi connectivity index (χ2v) is 7.09. The summed E-state index contributed by atoms with van der Waals surface area (Å²) in [6, 6.07) is 0.597. The molecule has 20 heavy (non-hydrogen) atoms. The van der Waals surface area contributed by atoms with E-state index in [0.717, 1.165) is 32.6 Å². The molecule has 3 heterocycles. The molecule has 0 spiro atoms. The van der Waals surface area contributed by atoms with Gasteiger partial charge in [-0.25, -0.2) is 0 Å². The lowest BCUT2D eigenvalue weighted by Gasteiger charge is -2.31. The fourth-order valence-corrected chi connectivity index (χ4v) is 4.20. The van der Waals surface area contributed by atoms with Crippen LogP contribution in [0.15, 0.2) is 0 Å². The van der Waals surface area contributed by atoms with Gasteiger partial charge in [-0.3, -0.25) is 4.79 Å². The van der Waals surface area contributed by atoms with E-state index in [-0.39, 0.29) is 0 Å². The number of nitrogens with zero attached hydrogens (tertiary/aromatic N) is 2. The summed E-state index contributed by atoms with van der Waals surface area (Å²) in [6.07, 6.45) is 7.04. The van der Waals surface area contributed by atoms with Crippen molar-refractivity contribution in [1.29, 1.82) is 0 Å². The number of amides is 1. The van der Waals surface area contributed by atoms with E-state index in [1.807, 2.05) is 0 Å². The lowest BCUT2D eigenvalue weighted by atomic mass is 9.93. The molecule has 0 aromatic carbocycles. The Bertz CT molecular complexity index is 341. The Labute approximate surface area is 122 Å². The van der Waals surface area contributed by atoms with Crippen LogP contribution in [-0.4, -0.2) is 61.5 Å². The molecule has 3 rings (SSSR count). The molecule has 0 aromatic rings. The maximum Gasteiger partial charge on any atom is 0.222 e. The minimum absolute atomic E-state index is 0.420. The molecule has 3 fully saturated rings. The van der Waals surface area contributed by atoms with E-state index in [1.165, 1.54) is 38.6 Å². The van der Waals surface area contributed by atoms with Crippen molar-refractivity contribution in [2.45, 2.75) is 44.6 Å². The van der Waals surface area contributed by atoms with Crippen molar-refractivity contribution in [3.05, 3.63) is 0 Å². The minimum atomic E-state index is 0.420. The predicted molar refractivity (Wildman–Crippen MR) is 80.5 cm³/mol. The summed E-state index contributed by atoms with van der Waals surface area (Å²) in [5.74, 6) is 1.73. The third-order valence-corrected chi connectivity index (χ3v) is 5.50. The number of rotatable bonds is 2. The Morgan fingerprint density at radius 2 is 1.90 bits per heavy atom. The predicted octanol–water partition coefficient (Wildman–Crippen LogP) is 1.32. The van der Waals surface area contributed by atoms with Gasteiger partial charge >= 0.3 is 0 Å². The highest BCUT2D eigenvalue weighted by atomic mass is 16.2. The van der Waals surface area contributed by atoms with Crippen molar-refractivity contribution in [1.82, 2.24) is 15.1 Å². The van der Waals surface area contributed by atoms with Gasteiger partial charge in [-0.1, -0.05) is 6.42 Å². The fraction of sp³-hybridized carbons (Fsp3) is 0.938. The van der Waals surface area contributed by atoms with Crippen LogP contribution in [0.5, 0.6) is 0 Å². The van der Waals surface area contributed by atoms with Gasteiger partial charge in [0.15, 0.2) is 0 Å². The van der Waals surface area contributed by atoms with Crippen LogP contribution in [0.1, 0.15) is 38.5 Å². The molecule has 0 aliphatic carbocycles. The molecule has 3 aliphatic heterocycles. The largest absolute Gasteiger partial charge is 0.341 e. The summed E-state index contributed by atoms with van der Waals surface area (Å²) in [7, 11) is 2.24. The molecule has 1 N–H and O–H groups in total. The van der Waals surface area contributed by atoms with E-state index in [4.69, 9.17) is 0 Å². The average Bonchev–Trinajstić information content (AvgIpc) is 2.68. The molecular weight excluding hydrogens is 250 g/mol. The van der Waals surface area contributed by atoms with Crippen LogP contribution in [-0.2, 0) is 4.79 Å². The summed E-state index contributed by atoms with van der Waals surface area (Å²) in [4.78, 5) is 17.3. The van der Waals surface area contributed by atoms with Crippen molar-refractivity contribution in [2.75, 3.05) is 39.8 Å². The van der Waals surface area contributed by atoms with E-state index < -0.39 is 0 Å². The van der Waals surface area contributed by atoms with Crippen molar-refractivity contribution < 1.29 is 4.79 Å². The monoisotopic (exact) mass is 279 g/mol. The number of likely N-dealkylation sites (N-methyl/N-ethyl adjacent to an activating group) is 1. The molecule has 0 unspecified atom stereocenters. The van der Waals surface area contributed by atoms with Crippen molar-refractivity contribution >= 4 is 5.91 Å². The first kappa shape index (κ1) is 14.3. The van der Waals surface area contributed by atoms with E-state index >= 15 is 0 Å². The second kappa shape index (κ2) is 6.44. The number of likely N-dealkylation sites (tertiary alicyclic amines) is 1. The molecule has 3 saturated heterocycles. The number of carbonyl (C=O) groups is 1. The van der Waals surface area contributed by atoms with Gasteiger partial charge in [-0.2, -0.15) is 0 Å². The summed E-state index contributed by atoms with van der Waals surface area (Å²) in [5.41, 5.74) is 0. The Morgan fingerprint density at radius 1 is 1.10 bits per heavy atom. The van der Waals surface area contributed by atoms with E-state index in [1.54, 1.807) is 0 Å². The van der Waals surface area contributed by atoms with Crippen LogP contribution in [0.2, 0.25) is 0 Å². The van der Waals surface area contributed by atoms with Gasteiger partial charge in [0.2, 0.25) is 5.91 Å². The normalized spacial score (nSPS) is 33.0. The number of hydrogen-bond donors (Lipinski definition) is 1. The summed E-state index contributed by atoms with van der Waals surface area (Å²) in [5, 5.41) is 3.38. The summed E-state index contributed by atoms with van der Waals surface area (Å²) < 4.78 is 0. The zero-order chi connectivity index (χ0) is 13.9. The lowest BCUT2D eigenvalue weighted by molar-refractivity contribution is -0.133. The second-order valence-electron chi connectivity index (χ2n) is 7.09. The molecule has 1 amide bonds. The number of hydrogen-bond acceptors (Lipinski definition) is 3. The van der Waals surface area contributed by atoms with E-state index in [0.29, 0.717) is 23.8 Å². The van der Waals surface area contributed by atoms with E-state index in [9.17, 15) is 4.79 Å². The first-order chi connectivity index (χ1) is 9.72. The zero-order valence-corrected chi connectivity index (χ0v) is 12.8. The Hall–Kier alpha value is -0.610. The number of nitrogens with one attached hydrogen (secondary N) is 1. The molecule has 0 aromatic heterocycles. The van der Waals surface area contributed by atoms with Gasteiger partial charge in [0.1, 0.15) is 0 Å². The quantitative estimate of drug-likeness (QED) is 0.828. The minimum Gasteiger partial charge on any atom is -0.341 e. The smallest absolute Gasteiger partial charge is 0.222 e. The lowest BCUT2D eigenvalue weighted by Crippen LogP contribution is -2.43. The van der Waals surface area contributed by atoms with Crippen LogP contribution < -0.4 is 5.32 Å².